The van der Waals surface area contributed by atoms with Crippen LogP contribution in [0.3, 0.4) is 0 Å². The summed E-state index contributed by atoms with van der Waals surface area (Å²) in [7, 11) is 0. The highest BCUT2D eigenvalue weighted by molar-refractivity contribution is 6.30. The van der Waals surface area contributed by atoms with Crippen molar-refractivity contribution in [3.63, 3.8) is 0 Å². The number of hydroxylamine groups is 1. The van der Waals surface area contributed by atoms with Crippen LogP contribution in [0, 0.1) is 5.82 Å². The maximum absolute atomic E-state index is 13.4. The maximum atomic E-state index is 13.4. The Balaban J connectivity index is 1.72. The summed E-state index contributed by atoms with van der Waals surface area (Å²) in [6, 6.07) is 7.67. The third-order valence-corrected chi connectivity index (χ3v) is 3.78. The Kier molecular flexibility index (Phi) is 4.64. The molecule has 0 aliphatic rings. The van der Waals surface area contributed by atoms with Gasteiger partial charge in [-0.3, -0.25) is 15.0 Å². The number of carbonyl (C=O) groups is 1. The SMILES string of the molecule is O=C(NO)c1cnc2ccn(CCOc3ccc(Cl)c(F)c3)c2c1. The van der Waals surface area contributed by atoms with Crippen LogP contribution in [0.25, 0.3) is 11.0 Å². The number of nitrogens with one attached hydrogen (secondary N) is 1. The van der Waals surface area contributed by atoms with Gasteiger partial charge in [-0.25, -0.2) is 9.87 Å². The van der Waals surface area contributed by atoms with Crippen LogP contribution in [0.15, 0.2) is 42.7 Å². The first-order valence-corrected chi connectivity index (χ1v) is 7.43. The quantitative estimate of drug-likeness (QED) is 0.548. The Morgan fingerprint density at radius 1 is 1.38 bits per heavy atom. The van der Waals surface area contributed by atoms with Gasteiger partial charge in [-0.2, -0.15) is 0 Å². The fourth-order valence-electron chi connectivity index (χ4n) is 2.28. The van der Waals surface area contributed by atoms with Crippen LogP contribution in [0.4, 0.5) is 4.39 Å². The lowest BCUT2D eigenvalue weighted by atomic mass is 10.2. The Labute approximate surface area is 141 Å². The van der Waals surface area contributed by atoms with E-state index in [4.69, 9.17) is 21.5 Å². The molecule has 0 spiro atoms. The lowest BCUT2D eigenvalue weighted by molar-refractivity contribution is 0.0706. The Hall–Kier alpha value is -2.64. The molecule has 0 saturated carbocycles. The molecule has 0 aliphatic carbocycles. The lowest BCUT2D eigenvalue weighted by Gasteiger charge is -2.09. The Morgan fingerprint density at radius 3 is 2.96 bits per heavy atom. The van der Waals surface area contributed by atoms with E-state index >= 15 is 0 Å². The number of nitrogens with zero attached hydrogens (tertiary/aromatic N) is 2. The molecule has 8 heteroatoms. The molecule has 1 amide bonds. The molecular formula is C16H13ClFN3O3. The average Bonchev–Trinajstić information content (AvgIpc) is 2.99. The van der Waals surface area contributed by atoms with Crippen molar-refractivity contribution < 1.29 is 19.1 Å². The van der Waals surface area contributed by atoms with Crippen LogP contribution in [-0.2, 0) is 6.54 Å². The summed E-state index contributed by atoms with van der Waals surface area (Å²) in [6.45, 7) is 0.765. The lowest BCUT2D eigenvalue weighted by Crippen LogP contribution is -2.18. The second-order valence-corrected chi connectivity index (χ2v) is 5.41. The van der Waals surface area contributed by atoms with E-state index < -0.39 is 11.7 Å². The van der Waals surface area contributed by atoms with E-state index in [1.807, 2.05) is 10.8 Å². The van der Waals surface area contributed by atoms with Crippen LogP contribution in [0.1, 0.15) is 10.4 Å². The van der Waals surface area contributed by atoms with Crippen molar-refractivity contribution in [2.75, 3.05) is 6.61 Å². The molecule has 2 heterocycles. The normalized spacial score (nSPS) is 10.8. The van der Waals surface area contributed by atoms with E-state index in [1.165, 1.54) is 18.3 Å². The number of hydrogen-bond acceptors (Lipinski definition) is 4. The van der Waals surface area contributed by atoms with Gasteiger partial charge >= 0.3 is 0 Å². The van der Waals surface area contributed by atoms with Crippen molar-refractivity contribution in [2.24, 2.45) is 0 Å². The van der Waals surface area contributed by atoms with Crippen LogP contribution in [0.5, 0.6) is 5.75 Å². The van der Waals surface area contributed by atoms with Gasteiger partial charge in [-0.15, -0.1) is 0 Å². The molecule has 1 aromatic carbocycles. The number of amides is 1. The van der Waals surface area contributed by atoms with Crippen molar-refractivity contribution in [3.8, 4) is 5.75 Å². The first kappa shape index (κ1) is 16.2. The van der Waals surface area contributed by atoms with Crippen LogP contribution >= 0.6 is 11.6 Å². The number of benzene rings is 1. The van der Waals surface area contributed by atoms with Gasteiger partial charge in [0.1, 0.15) is 18.2 Å². The number of aromatic nitrogens is 2. The minimum absolute atomic E-state index is 0.0412. The molecule has 124 valence electrons. The predicted molar refractivity (Wildman–Crippen MR) is 85.9 cm³/mol. The molecule has 0 bridgehead atoms. The topological polar surface area (TPSA) is 76.4 Å². The summed E-state index contributed by atoms with van der Waals surface area (Å²) in [5.41, 5.74) is 3.25. The van der Waals surface area contributed by atoms with Crippen LogP contribution in [0.2, 0.25) is 5.02 Å². The third-order valence-electron chi connectivity index (χ3n) is 3.47. The molecule has 0 atom stereocenters. The van der Waals surface area contributed by atoms with E-state index in [2.05, 4.69) is 4.98 Å². The van der Waals surface area contributed by atoms with Gasteiger partial charge in [-0.1, -0.05) is 11.6 Å². The molecule has 2 N–H and O–H groups in total. The fraction of sp³-hybridized carbons (Fsp3) is 0.125. The number of hydrogen-bond donors (Lipinski definition) is 2. The molecule has 0 saturated heterocycles. The van der Waals surface area contributed by atoms with Crippen molar-refractivity contribution in [3.05, 3.63) is 59.1 Å². The first-order valence-electron chi connectivity index (χ1n) is 7.05. The molecule has 3 rings (SSSR count). The van der Waals surface area contributed by atoms with E-state index in [1.54, 1.807) is 23.7 Å². The van der Waals surface area contributed by atoms with Gasteiger partial charge < -0.3 is 9.30 Å². The minimum Gasteiger partial charge on any atom is -0.492 e. The number of halogens is 2. The van der Waals surface area contributed by atoms with Gasteiger partial charge in [0, 0.05) is 18.5 Å². The predicted octanol–water partition coefficient (Wildman–Crippen LogP) is 3.03. The monoisotopic (exact) mass is 349 g/mol. The molecular weight excluding hydrogens is 337 g/mol. The summed E-state index contributed by atoms with van der Waals surface area (Å²) in [5, 5.41) is 8.74. The first-order chi connectivity index (χ1) is 11.6. The van der Waals surface area contributed by atoms with Crippen molar-refractivity contribution in [2.45, 2.75) is 6.54 Å². The van der Waals surface area contributed by atoms with E-state index in [0.29, 0.717) is 24.4 Å². The van der Waals surface area contributed by atoms with E-state index in [9.17, 15) is 9.18 Å². The summed E-state index contributed by atoms with van der Waals surface area (Å²) >= 11 is 5.62. The number of ether oxygens (including phenoxy) is 1. The summed E-state index contributed by atoms with van der Waals surface area (Å²) < 4.78 is 20.7. The maximum Gasteiger partial charge on any atom is 0.276 e. The molecule has 3 aromatic rings. The molecule has 6 nitrogen and oxygen atoms in total. The highest BCUT2D eigenvalue weighted by Gasteiger charge is 2.09. The zero-order valence-electron chi connectivity index (χ0n) is 12.4. The van der Waals surface area contributed by atoms with Gasteiger partial charge in [0.05, 0.1) is 28.2 Å². The van der Waals surface area contributed by atoms with Crippen molar-refractivity contribution in [1.29, 1.82) is 0 Å². The Bertz CT molecular complexity index is 897. The average molecular weight is 350 g/mol. The number of carbonyl (C=O) groups excluding carboxylic acids is 1. The highest BCUT2D eigenvalue weighted by Crippen LogP contribution is 2.21. The van der Waals surface area contributed by atoms with Gasteiger partial charge in [0.25, 0.3) is 5.91 Å². The molecule has 24 heavy (non-hydrogen) atoms. The molecule has 0 fully saturated rings. The number of fused-ring (bicyclic) bond motifs is 1. The smallest absolute Gasteiger partial charge is 0.276 e. The van der Waals surface area contributed by atoms with Crippen LogP contribution < -0.4 is 10.2 Å². The van der Waals surface area contributed by atoms with Gasteiger partial charge in [-0.05, 0) is 24.3 Å². The fourth-order valence-corrected chi connectivity index (χ4v) is 2.39. The van der Waals surface area contributed by atoms with Crippen LogP contribution in [-0.4, -0.2) is 27.3 Å². The standard InChI is InChI=1S/C16H13ClFN3O3/c17-12-2-1-11(8-13(12)18)24-6-5-21-4-3-14-15(21)7-10(9-19-14)16(22)20-23/h1-4,7-9,23H,5-6H2,(H,20,22). The summed E-state index contributed by atoms with van der Waals surface area (Å²) in [5.74, 6) is -0.790. The van der Waals surface area contributed by atoms with Gasteiger partial charge in [0.2, 0.25) is 0 Å². The largest absolute Gasteiger partial charge is 0.492 e. The molecule has 2 aromatic heterocycles. The highest BCUT2D eigenvalue weighted by atomic mass is 35.5. The van der Waals surface area contributed by atoms with Gasteiger partial charge in [0.15, 0.2) is 0 Å². The van der Waals surface area contributed by atoms with Crippen molar-refractivity contribution >= 4 is 28.5 Å². The number of rotatable bonds is 5. The van der Waals surface area contributed by atoms with E-state index in [-0.39, 0.29) is 10.6 Å². The van der Waals surface area contributed by atoms with Crippen molar-refractivity contribution in [1.82, 2.24) is 15.0 Å². The summed E-state index contributed by atoms with van der Waals surface area (Å²) in [6.07, 6.45) is 3.19. The zero-order chi connectivity index (χ0) is 17.1. The number of pyridine rings is 1. The van der Waals surface area contributed by atoms with E-state index in [0.717, 1.165) is 5.52 Å². The Morgan fingerprint density at radius 2 is 2.21 bits per heavy atom. The molecule has 0 aliphatic heterocycles. The second-order valence-electron chi connectivity index (χ2n) is 5.00. The minimum atomic E-state index is -0.634. The third kappa shape index (κ3) is 3.32. The zero-order valence-corrected chi connectivity index (χ0v) is 13.1. The molecule has 0 unspecified atom stereocenters. The summed E-state index contributed by atoms with van der Waals surface area (Å²) in [4.78, 5) is 15.6. The second kappa shape index (κ2) is 6.86. The molecule has 0 radical (unpaired) electrons.